The molecule has 9 aromatic carbocycles. The van der Waals surface area contributed by atoms with E-state index in [4.69, 9.17) is 9.97 Å². The second-order valence-corrected chi connectivity index (χ2v) is 15.2. The van der Waals surface area contributed by atoms with Gasteiger partial charge in [0, 0.05) is 22.5 Å². The van der Waals surface area contributed by atoms with E-state index in [-0.39, 0.29) is 0 Å². The molecule has 2 heteroatoms. The van der Waals surface area contributed by atoms with E-state index in [0.29, 0.717) is 0 Å². The van der Waals surface area contributed by atoms with Gasteiger partial charge in [-0.15, -0.1) is 0 Å². The Balaban J connectivity index is 1.13. The lowest BCUT2D eigenvalue weighted by atomic mass is 9.66. The maximum absolute atomic E-state index is 5.27. The average molecular weight is 723 g/mol. The van der Waals surface area contributed by atoms with Gasteiger partial charge in [-0.05, 0) is 95.0 Å². The van der Waals surface area contributed by atoms with E-state index >= 15 is 0 Å². The third-order valence-corrected chi connectivity index (χ3v) is 12.4. The van der Waals surface area contributed by atoms with Crippen LogP contribution in [0.1, 0.15) is 22.3 Å². The summed E-state index contributed by atoms with van der Waals surface area (Å²) in [6.45, 7) is 0. The minimum Gasteiger partial charge on any atom is -0.254 e. The van der Waals surface area contributed by atoms with E-state index in [9.17, 15) is 0 Å². The molecule has 0 amide bonds. The summed E-state index contributed by atoms with van der Waals surface area (Å²) in [5.41, 5.74) is 13.7. The first-order chi connectivity index (χ1) is 28.3. The minimum absolute atomic E-state index is 0.500. The molecule has 0 spiro atoms. The van der Waals surface area contributed by atoms with Crippen LogP contribution in [0.5, 0.6) is 0 Å². The molecule has 0 atom stereocenters. The molecule has 12 rings (SSSR count). The molecule has 57 heavy (non-hydrogen) atoms. The Morgan fingerprint density at radius 1 is 0.351 bits per heavy atom. The first kappa shape index (κ1) is 31.9. The molecule has 0 radical (unpaired) electrons. The van der Waals surface area contributed by atoms with Gasteiger partial charge in [0.05, 0.1) is 22.1 Å². The average Bonchev–Trinajstić information content (AvgIpc) is 3.60. The van der Waals surface area contributed by atoms with Gasteiger partial charge < -0.3 is 0 Å². The normalized spacial score (nSPS) is 13.1. The van der Waals surface area contributed by atoms with Gasteiger partial charge in [0.2, 0.25) is 0 Å². The van der Waals surface area contributed by atoms with Crippen LogP contribution < -0.4 is 0 Å². The van der Waals surface area contributed by atoms with E-state index in [1.807, 2.05) is 12.3 Å². The van der Waals surface area contributed by atoms with E-state index in [1.54, 1.807) is 0 Å². The van der Waals surface area contributed by atoms with Gasteiger partial charge >= 0.3 is 0 Å². The summed E-state index contributed by atoms with van der Waals surface area (Å²) >= 11 is 0. The first-order valence-corrected chi connectivity index (χ1v) is 19.7. The van der Waals surface area contributed by atoms with Crippen molar-refractivity contribution < 1.29 is 0 Å². The molecule has 1 aliphatic carbocycles. The van der Waals surface area contributed by atoms with Crippen LogP contribution >= 0.6 is 0 Å². The number of hydrogen-bond donors (Lipinski definition) is 0. The molecule has 0 N–H and O–H groups in total. The van der Waals surface area contributed by atoms with E-state index in [0.717, 1.165) is 33.1 Å². The van der Waals surface area contributed by atoms with Crippen LogP contribution in [-0.4, -0.2) is 9.97 Å². The van der Waals surface area contributed by atoms with Gasteiger partial charge in [0.1, 0.15) is 0 Å². The van der Waals surface area contributed by atoms with Crippen molar-refractivity contribution in [3.63, 3.8) is 0 Å². The number of nitrogens with zero attached hydrogens (tertiary/aromatic N) is 2. The third kappa shape index (κ3) is 4.53. The van der Waals surface area contributed by atoms with Crippen LogP contribution in [-0.2, 0) is 5.41 Å². The largest absolute Gasteiger partial charge is 0.254 e. The van der Waals surface area contributed by atoms with Crippen molar-refractivity contribution in [2.75, 3.05) is 0 Å². The number of fused-ring (bicyclic) bond motifs is 11. The molecule has 0 aliphatic heterocycles. The second kappa shape index (κ2) is 12.3. The summed E-state index contributed by atoms with van der Waals surface area (Å²) in [7, 11) is 0. The van der Waals surface area contributed by atoms with Crippen molar-refractivity contribution in [2.24, 2.45) is 0 Å². The van der Waals surface area contributed by atoms with E-state index in [1.165, 1.54) is 76.8 Å². The third-order valence-electron chi connectivity index (χ3n) is 12.4. The predicted octanol–water partition coefficient (Wildman–Crippen LogP) is 13.9. The Morgan fingerprint density at radius 3 is 1.72 bits per heavy atom. The van der Waals surface area contributed by atoms with Crippen molar-refractivity contribution >= 4 is 54.1 Å². The zero-order chi connectivity index (χ0) is 37.5. The molecule has 2 heterocycles. The Labute approximate surface area is 330 Å². The molecule has 0 saturated heterocycles. The van der Waals surface area contributed by atoms with Crippen LogP contribution in [0.25, 0.3) is 87.6 Å². The summed E-state index contributed by atoms with van der Waals surface area (Å²) in [5, 5.41) is 9.60. The summed E-state index contributed by atoms with van der Waals surface area (Å²) in [6, 6.07) is 73.5. The Kier molecular flexibility index (Phi) is 6.88. The molecular formula is C55H34N2. The van der Waals surface area contributed by atoms with Gasteiger partial charge in [-0.2, -0.15) is 0 Å². The molecule has 0 bridgehead atoms. The predicted molar refractivity (Wildman–Crippen MR) is 238 cm³/mol. The van der Waals surface area contributed by atoms with Crippen LogP contribution in [0, 0.1) is 0 Å². The number of aromatic nitrogens is 2. The monoisotopic (exact) mass is 722 g/mol. The molecule has 2 nitrogen and oxygen atoms in total. The molecule has 0 fully saturated rings. The summed E-state index contributed by atoms with van der Waals surface area (Å²) < 4.78 is 0. The highest BCUT2D eigenvalue weighted by atomic mass is 14.8. The lowest BCUT2D eigenvalue weighted by Gasteiger charge is -2.35. The van der Waals surface area contributed by atoms with Crippen molar-refractivity contribution in [3.05, 3.63) is 229 Å². The molecule has 0 unspecified atom stereocenters. The fourth-order valence-electron chi connectivity index (χ4n) is 10.00. The molecular weight excluding hydrogens is 689 g/mol. The standard InChI is InChI=1S/C55H34N2/c1-3-15-38(16-4-1)55(39-17-5-2-6-18-39)49-26-10-9-20-44(49)47-31-29-37-34-48(43-19-7-8-21-46(43)51(37)52(47)55)42-24-11-23-41-40(42)22-12-25-45(41)50-32-30-36-28-27-35-14-13-33-56-53(35)54(36)57-50/h1-34H. The van der Waals surface area contributed by atoms with Crippen molar-refractivity contribution in [3.8, 4) is 33.5 Å². The lowest BCUT2D eigenvalue weighted by Crippen LogP contribution is -2.28. The first-order valence-electron chi connectivity index (χ1n) is 19.7. The smallest absolute Gasteiger partial charge is 0.0972 e. The van der Waals surface area contributed by atoms with E-state index < -0.39 is 5.41 Å². The number of benzene rings is 9. The highest BCUT2D eigenvalue weighted by molar-refractivity contribution is 6.20. The van der Waals surface area contributed by atoms with Crippen molar-refractivity contribution in [2.45, 2.75) is 5.41 Å². The molecule has 2 aromatic heterocycles. The van der Waals surface area contributed by atoms with Crippen LogP contribution in [0.3, 0.4) is 0 Å². The maximum atomic E-state index is 5.27. The van der Waals surface area contributed by atoms with E-state index in [2.05, 4.69) is 194 Å². The Bertz CT molecular complexity index is 3360. The second-order valence-electron chi connectivity index (χ2n) is 15.2. The molecule has 0 saturated carbocycles. The molecule has 11 aromatic rings. The van der Waals surface area contributed by atoms with Crippen LogP contribution in [0.15, 0.2) is 206 Å². The number of rotatable bonds is 4. The summed E-state index contributed by atoms with van der Waals surface area (Å²) in [5.74, 6) is 0. The molecule has 264 valence electrons. The number of pyridine rings is 2. The van der Waals surface area contributed by atoms with Gasteiger partial charge in [-0.25, -0.2) is 4.98 Å². The Morgan fingerprint density at radius 2 is 0.930 bits per heavy atom. The summed E-state index contributed by atoms with van der Waals surface area (Å²) in [6.07, 6.45) is 1.85. The SMILES string of the molecule is c1ccc(C2(c3ccccc3)c3ccccc3-c3ccc4cc(-c5cccc6c(-c7ccc8ccc9cccnc9c8n7)cccc56)c5ccccc5c4c32)cc1. The number of hydrogen-bond acceptors (Lipinski definition) is 2. The Hall–Kier alpha value is -7.42. The zero-order valence-corrected chi connectivity index (χ0v) is 31.0. The van der Waals surface area contributed by atoms with Crippen molar-refractivity contribution in [1.82, 2.24) is 9.97 Å². The highest BCUT2D eigenvalue weighted by Gasteiger charge is 2.47. The van der Waals surface area contributed by atoms with Gasteiger partial charge in [0.15, 0.2) is 0 Å². The highest BCUT2D eigenvalue weighted by Crippen LogP contribution is 2.59. The van der Waals surface area contributed by atoms with Gasteiger partial charge in [-0.3, -0.25) is 4.98 Å². The quantitative estimate of drug-likeness (QED) is 0.169. The fraction of sp³-hybridized carbons (Fsp3) is 0.0182. The lowest BCUT2D eigenvalue weighted by molar-refractivity contribution is 0.776. The maximum Gasteiger partial charge on any atom is 0.0972 e. The fourth-order valence-corrected chi connectivity index (χ4v) is 10.00. The zero-order valence-electron chi connectivity index (χ0n) is 31.0. The summed E-state index contributed by atoms with van der Waals surface area (Å²) in [4.78, 5) is 10.00. The minimum atomic E-state index is -0.500. The van der Waals surface area contributed by atoms with Crippen LogP contribution in [0.4, 0.5) is 0 Å². The van der Waals surface area contributed by atoms with Gasteiger partial charge in [0.25, 0.3) is 0 Å². The molecule has 1 aliphatic rings. The van der Waals surface area contributed by atoms with Crippen LogP contribution in [0.2, 0.25) is 0 Å². The topological polar surface area (TPSA) is 25.8 Å². The van der Waals surface area contributed by atoms with Crippen molar-refractivity contribution in [1.29, 1.82) is 0 Å². The van der Waals surface area contributed by atoms with Gasteiger partial charge in [-0.1, -0.05) is 182 Å².